The Balaban J connectivity index is 2.41. The van der Waals surface area contributed by atoms with Gasteiger partial charge in [-0.2, -0.15) is 13.2 Å². The van der Waals surface area contributed by atoms with Gasteiger partial charge < -0.3 is 15.9 Å². The summed E-state index contributed by atoms with van der Waals surface area (Å²) < 4.78 is 44.1. The molecule has 3 rings (SSSR count). The van der Waals surface area contributed by atoms with Crippen molar-refractivity contribution >= 4 is 33.1 Å². The van der Waals surface area contributed by atoms with E-state index in [0.29, 0.717) is 0 Å². The molecule has 114 valence electrons. The highest BCUT2D eigenvalue weighted by molar-refractivity contribution is 7.21. The lowest BCUT2D eigenvalue weighted by Crippen LogP contribution is -2.10. The highest BCUT2D eigenvalue weighted by Crippen LogP contribution is 2.42. The summed E-state index contributed by atoms with van der Waals surface area (Å²) in [6.07, 6.45) is -3.31. The van der Waals surface area contributed by atoms with Crippen molar-refractivity contribution in [3.05, 3.63) is 35.0 Å². The highest BCUT2D eigenvalue weighted by atomic mass is 32.1. The van der Waals surface area contributed by atoms with Crippen molar-refractivity contribution in [2.45, 2.75) is 6.18 Å². The Kier molecular flexibility index (Phi) is 3.10. The van der Waals surface area contributed by atoms with Gasteiger partial charge in [-0.1, -0.05) is 0 Å². The van der Waals surface area contributed by atoms with Crippen LogP contribution >= 0.6 is 11.3 Å². The van der Waals surface area contributed by atoms with E-state index in [1.165, 1.54) is 18.4 Å². The van der Waals surface area contributed by atoms with Crippen molar-refractivity contribution in [2.75, 3.05) is 5.73 Å². The number of aromatic nitrogens is 1. The molecule has 3 aromatic heterocycles. The molecule has 1 amide bonds. The minimum Gasteiger partial charge on any atom is -0.464 e. The van der Waals surface area contributed by atoms with Gasteiger partial charge in [0.25, 0.3) is 5.91 Å². The largest absolute Gasteiger partial charge is 0.464 e. The van der Waals surface area contributed by atoms with Gasteiger partial charge in [0.05, 0.1) is 12.0 Å². The predicted octanol–water partition coefficient (Wildman–Crippen LogP) is 3.26. The molecular weight excluding hydrogens is 319 g/mol. The Morgan fingerprint density at radius 2 is 2.09 bits per heavy atom. The van der Waals surface area contributed by atoms with Crippen molar-refractivity contribution in [2.24, 2.45) is 5.73 Å². The number of anilines is 1. The maximum atomic E-state index is 13.0. The lowest BCUT2D eigenvalue weighted by Gasteiger charge is -2.08. The van der Waals surface area contributed by atoms with Gasteiger partial charge in [-0.25, -0.2) is 4.98 Å². The number of nitrogen functional groups attached to an aromatic ring is 1. The van der Waals surface area contributed by atoms with E-state index in [9.17, 15) is 18.0 Å². The van der Waals surface area contributed by atoms with Crippen LogP contribution in [0.2, 0.25) is 0 Å². The van der Waals surface area contributed by atoms with Crippen LogP contribution in [0.15, 0.2) is 28.9 Å². The maximum absolute atomic E-state index is 13.0. The standard InChI is InChI=1S/C13H8F3N3O2S/c14-13(15,16)7-4-5(6-2-1-3-21-6)8-9(17)10(11(18)20)22-12(8)19-7/h1-4H,17H2,(H2,18,20). The summed E-state index contributed by atoms with van der Waals surface area (Å²) >= 11 is 0.721. The molecule has 0 unspecified atom stereocenters. The Morgan fingerprint density at radius 3 is 2.64 bits per heavy atom. The van der Waals surface area contributed by atoms with E-state index in [4.69, 9.17) is 15.9 Å². The molecule has 0 atom stereocenters. The molecular formula is C13H8F3N3O2S. The lowest BCUT2D eigenvalue weighted by molar-refractivity contribution is -0.140. The molecule has 4 N–H and O–H groups in total. The van der Waals surface area contributed by atoms with Gasteiger partial charge in [-0.05, 0) is 18.2 Å². The number of carbonyl (C=O) groups excluding carboxylic acids is 1. The van der Waals surface area contributed by atoms with Crippen LogP contribution in [-0.4, -0.2) is 10.9 Å². The number of fused-ring (bicyclic) bond motifs is 1. The molecule has 0 aliphatic rings. The van der Waals surface area contributed by atoms with Crippen LogP contribution in [0.1, 0.15) is 15.4 Å². The predicted molar refractivity (Wildman–Crippen MR) is 75.3 cm³/mol. The van der Waals surface area contributed by atoms with Crippen LogP contribution in [0.3, 0.4) is 0 Å². The highest BCUT2D eigenvalue weighted by Gasteiger charge is 2.35. The van der Waals surface area contributed by atoms with Gasteiger partial charge in [0, 0.05) is 10.9 Å². The number of halogens is 3. The molecule has 0 fully saturated rings. The van der Waals surface area contributed by atoms with Gasteiger partial charge in [0.2, 0.25) is 0 Å². The van der Waals surface area contributed by atoms with Gasteiger partial charge in [-0.3, -0.25) is 4.79 Å². The second-order valence-corrected chi connectivity index (χ2v) is 5.42. The summed E-state index contributed by atoms with van der Waals surface area (Å²) in [7, 11) is 0. The van der Waals surface area contributed by atoms with Crippen molar-refractivity contribution in [3.8, 4) is 11.3 Å². The number of primary amides is 1. The number of thiophene rings is 1. The van der Waals surface area contributed by atoms with E-state index in [0.717, 1.165) is 17.4 Å². The average molecular weight is 327 g/mol. The first kappa shape index (κ1) is 14.4. The zero-order valence-corrected chi connectivity index (χ0v) is 11.6. The van der Waals surface area contributed by atoms with Crippen LogP contribution in [0.25, 0.3) is 21.5 Å². The number of alkyl halides is 3. The third-order valence-corrected chi connectivity index (χ3v) is 4.11. The molecule has 0 bridgehead atoms. The van der Waals surface area contributed by atoms with E-state index in [2.05, 4.69) is 4.98 Å². The Labute approximate surface area is 125 Å². The lowest BCUT2D eigenvalue weighted by atomic mass is 10.1. The zero-order chi connectivity index (χ0) is 16.1. The Hall–Kier alpha value is -2.55. The molecule has 0 aliphatic heterocycles. The summed E-state index contributed by atoms with van der Waals surface area (Å²) in [4.78, 5) is 14.8. The Bertz CT molecular complexity index is 869. The van der Waals surface area contributed by atoms with Crippen LogP contribution in [-0.2, 0) is 6.18 Å². The number of hydrogen-bond donors (Lipinski definition) is 2. The van der Waals surface area contributed by atoms with E-state index < -0.39 is 17.8 Å². The molecule has 0 saturated carbocycles. The van der Waals surface area contributed by atoms with E-state index in [1.54, 1.807) is 0 Å². The maximum Gasteiger partial charge on any atom is 0.433 e. The number of carbonyl (C=O) groups is 1. The first-order valence-corrected chi connectivity index (χ1v) is 6.74. The fourth-order valence-corrected chi connectivity index (χ4v) is 3.05. The Morgan fingerprint density at radius 1 is 1.36 bits per heavy atom. The second-order valence-electron chi connectivity index (χ2n) is 4.42. The summed E-state index contributed by atoms with van der Waals surface area (Å²) in [5.74, 6) is -0.627. The molecule has 3 aromatic rings. The molecule has 0 saturated heterocycles. The minimum absolute atomic E-state index is 0.000115. The fourth-order valence-electron chi connectivity index (χ4n) is 2.08. The monoisotopic (exact) mass is 327 g/mol. The SMILES string of the molecule is NC(=O)c1sc2nc(C(F)(F)F)cc(-c3ccco3)c2c1N. The molecule has 0 aromatic carbocycles. The quantitative estimate of drug-likeness (QED) is 0.755. The minimum atomic E-state index is -4.64. The average Bonchev–Trinajstić information content (AvgIpc) is 3.05. The van der Waals surface area contributed by atoms with Crippen molar-refractivity contribution < 1.29 is 22.4 Å². The normalized spacial score (nSPS) is 12.0. The third-order valence-electron chi connectivity index (χ3n) is 3.00. The van der Waals surface area contributed by atoms with Crippen LogP contribution < -0.4 is 11.5 Å². The first-order valence-electron chi connectivity index (χ1n) is 5.93. The van der Waals surface area contributed by atoms with Gasteiger partial charge in [0.1, 0.15) is 21.2 Å². The number of nitrogens with zero attached hydrogens (tertiary/aromatic N) is 1. The zero-order valence-electron chi connectivity index (χ0n) is 10.8. The van der Waals surface area contributed by atoms with Crippen LogP contribution in [0, 0.1) is 0 Å². The molecule has 9 heteroatoms. The fraction of sp³-hybridized carbons (Fsp3) is 0.0769. The number of nitrogens with two attached hydrogens (primary N) is 2. The number of furan rings is 1. The smallest absolute Gasteiger partial charge is 0.433 e. The summed E-state index contributed by atoms with van der Waals surface area (Å²) in [5.41, 5.74) is 10.1. The topological polar surface area (TPSA) is 95.1 Å². The molecule has 0 spiro atoms. The molecule has 22 heavy (non-hydrogen) atoms. The van der Waals surface area contributed by atoms with Crippen LogP contribution in [0.5, 0.6) is 0 Å². The number of rotatable bonds is 2. The number of hydrogen-bond acceptors (Lipinski definition) is 5. The van der Waals surface area contributed by atoms with Crippen LogP contribution in [0.4, 0.5) is 18.9 Å². The molecule has 0 aliphatic carbocycles. The molecule has 0 radical (unpaired) electrons. The van der Waals surface area contributed by atoms with Gasteiger partial charge >= 0.3 is 6.18 Å². The van der Waals surface area contributed by atoms with E-state index in [-0.39, 0.29) is 32.1 Å². The summed E-state index contributed by atoms with van der Waals surface area (Å²) in [6.45, 7) is 0. The van der Waals surface area contributed by atoms with Gasteiger partial charge in [-0.15, -0.1) is 11.3 Å². The second kappa shape index (κ2) is 4.73. The first-order chi connectivity index (χ1) is 10.3. The van der Waals surface area contributed by atoms with Crippen molar-refractivity contribution in [1.82, 2.24) is 4.98 Å². The number of amides is 1. The van der Waals surface area contributed by atoms with Crippen molar-refractivity contribution in [3.63, 3.8) is 0 Å². The van der Waals surface area contributed by atoms with E-state index >= 15 is 0 Å². The van der Waals surface area contributed by atoms with Gasteiger partial charge in [0.15, 0.2) is 0 Å². The third kappa shape index (κ3) is 2.19. The van der Waals surface area contributed by atoms with E-state index in [1.807, 2.05) is 0 Å². The molecule has 5 nitrogen and oxygen atoms in total. The summed E-state index contributed by atoms with van der Waals surface area (Å²) in [6, 6.07) is 3.87. The number of pyridine rings is 1. The molecule has 3 heterocycles. The summed E-state index contributed by atoms with van der Waals surface area (Å²) in [5, 5.41) is 0.224. The van der Waals surface area contributed by atoms with Crippen molar-refractivity contribution in [1.29, 1.82) is 0 Å².